The van der Waals surface area contributed by atoms with Crippen molar-refractivity contribution in [1.82, 2.24) is 9.88 Å². The van der Waals surface area contributed by atoms with Crippen molar-refractivity contribution in [2.45, 2.75) is 18.6 Å². The highest BCUT2D eigenvalue weighted by molar-refractivity contribution is 5.42. The van der Waals surface area contributed by atoms with Crippen LogP contribution in [0.2, 0.25) is 0 Å². The number of aliphatic hydroxyl groups is 1. The van der Waals surface area contributed by atoms with E-state index in [4.69, 9.17) is 10.00 Å². The van der Waals surface area contributed by atoms with Gasteiger partial charge in [0.25, 0.3) is 0 Å². The zero-order valence-corrected chi connectivity index (χ0v) is 12.0. The molecule has 2 aliphatic heterocycles. The van der Waals surface area contributed by atoms with Gasteiger partial charge in [-0.1, -0.05) is 6.07 Å². The highest BCUT2D eigenvalue weighted by Crippen LogP contribution is 2.22. The molecule has 0 bridgehead atoms. The minimum atomic E-state index is -0.399. The number of ether oxygens (including phenoxy) is 1. The fourth-order valence-electron chi connectivity index (χ4n) is 3.12. The van der Waals surface area contributed by atoms with Gasteiger partial charge in [-0.05, 0) is 18.6 Å². The summed E-state index contributed by atoms with van der Waals surface area (Å²) in [5, 5.41) is 19.4. The number of hydrogen-bond acceptors (Lipinski definition) is 6. The molecule has 3 heterocycles. The number of morpholine rings is 1. The Bertz CT molecular complexity index is 525. The topological polar surface area (TPSA) is 72.6 Å². The Balaban J connectivity index is 1.66. The van der Waals surface area contributed by atoms with Gasteiger partial charge in [0.2, 0.25) is 0 Å². The van der Waals surface area contributed by atoms with Gasteiger partial charge in [-0.2, -0.15) is 5.26 Å². The molecule has 0 aliphatic carbocycles. The highest BCUT2D eigenvalue weighted by Gasteiger charge is 2.33. The van der Waals surface area contributed by atoms with Crippen molar-refractivity contribution in [2.24, 2.45) is 0 Å². The van der Waals surface area contributed by atoms with Crippen LogP contribution in [0.4, 0.5) is 5.82 Å². The van der Waals surface area contributed by atoms with Gasteiger partial charge in [0.1, 0.15) is 17.6 Å². The maximum Gasteiger partial charge on any atom is 0.142 e. The fraction of sp³-hybridized carbons (Fsp3) is 0.600. The average molecular weight is 288 g/mol. The van der Waals surface area contributed by atoms with Crippen molar-refractivity contribution in [3.8, 4) is 6.07 Å². The number of aliphatic hydroxyl groups excluding tert-OH is 1. The third-order valence-electron chi connectivity index (χ3n) is 4.23. The van der Waals surface area contributed by atoms with Crippen LogP contribution in [0.25, 0.3) is 0 Å². The summed E-state index contributed by atoms with van der Waals surface area (Å²) in [6, 6.07) is 7.68. The lowest BCUT2D eigenvalue weighted by molar-refractivity contribution is -0.0274. The van der Waals surface area contributed by atoms with Crippen LogP contribution < -0.4 is 4.90 Å². The van der Waals surface area contributed by atoms with Gasteiger partial charge in [-0.25, -0.2) is 4.98 Å². The van der Waals surface area contributed by atoms with Crippen molar-refractivity contribution >= 4 is 5.82 Å². The van der Waals surface area contributed by atoms with Crippen LogP contribution in [-0.4, -0.2) is 66.5 Å². The monoisotopic (exact) mass is 288 g/mol. The Morgan fingerprint density at radius 3 is 2.81 bits per heavy atom. The second kappa shape index (κ2) is 6.39. The Kier molecular flexibility index (Phi) is 4.34. The van der Waals surface area contributed by atoms with Gasteiger partial charge in [-0.3, -0.25) is 4.90 Å². The van der Waals surface area contributed by atoms with Crippen molar-refractivity contribution in [1.29, 1.82) is 5.26 Å². The average Bonchev–Trinajstić information content (AvgIpc) is 2.55. The first-order valence-corrected chi connectivity index (χ1v) is 7.40. The summed E-state index contributed by atoms with van der Waals surface area (Å²) >= 11 is 0. The zero-order chi connectivity index (χ0) is 14.7. The van der Waals surface area contributed by atoms with Crippen LogP contribution >= 0.6 is 0 Å². The van der Waals surface area contributed by atoms with Crippen molar-refractivity contribution < 1.29 is 9.84 Å². The second-order valence-corrected chi connectivity index (χ2v) is 5.51. The van der Waals surface area contributed by atoms with Crippen molar-refractivity contribution in [2.75, 3.05) is 44.3 Å². The van der Waals surface area contributed by atoms with E-state index in [1.165, 1.54) is 0 Å². The van der Waals surface area contributed by atoms with E-state index in [9.17, 15) is 5.11 Å². The van der Waals surface area contributed by atoms with Crippen molar-refractivity contribution in [3.05, 3.63) is 23.9 Å². The number of β-amino-alcohol motifs (C(OH)–C–C–N with tert-alkyl or cyclic N) is 1. The van der Waals surface area contributed by atoms with E-state index < -0.39 is 6.10 Å². The Morgan fingerprint density at radius 2 is 2.10 bits per heavy atom. The van der Waals surface area contributed by atoms with Gasteiger partial charge in [0.15, 0.2) is 0 Å². The molecule has 6 nitrogen and oxygen atoms in total. The summed E-state index contributed by atoms with van der Waals surface area (Å²) in [7, 11) is 0. The Hall–Kier alpha value is -1.68. The number of nitriles is 1. The molecule has 2 aliphatic rings. The van der Waals surface area contributed by atoms with Crippen LogP contribution in [-0.2, 0) is 4.74 Å². The smallest absolute Gasteiger partial charge is 0.142 e. The Labute approximate surface area is 124 Å². The van der Waals surface area contributed by atoms with Crippen LogP contribution in [0.3, 0.4) is 0 Å². The molecule has 2 saturated heterocycles. The largest absolute Gasteiger partial charge is 0.390 e. The zero-order valence-electron chi connectivity index (χ0n) is 12.0. The Morgan fingerprint density at radius 1 is 1.29 bits per heavy atom. The quantitative estimate of drug-likeness (QED) is 0.839. The molecule has 112 valence electrons. The van der Waals surface area contributed by atoms with Gasteiger partial charge < -0.3 is 14.7 Å². The normalized spacial score (nSPS) is 27.3. The lowest BCUT2D eigenvalue weighted by Gasteiger charge is -2.43. The maximum atomic E-state index is 10.5. The van der Waals surface area contributed by atoms with Gasteiger partial charge in [0, 0.05) is 32.2 Å². The first kappa shape index (κ1) is 14.3. The summed E-state index contributed by atoms with van der Waals surface area (Å²) in [5.41, 5.74) is 0.414. The predicted molar refractivity (Wildman–Crippen MR) is 78.0 cm³/mol. The number of pyridine rings is 1. The van der Waals surface area contributed by atoms with E-state index in [0.717, 1.165) is 45.1 Å². The molecule has 2 fully saturated rings. The molecule has 1 aromatic rings. The number of piperidine rings is 1. The molecule has 0 unspecified atom stereocenters. The molecule has 0 spiro atoms. The molecule has 1 N–H and O–H groups in total. The number of rotatable bonds is 2. The third-order valence-corrected chi connectivity index (χ3v) is 4.23. The first-order chi connectivity index (χ1) is 10.3. The fourth-order valence-corrected chi connectivity index (χ4v) is 3.12. The number of hydrogen-bond donors (Lipinski definition) is 1. The van der Waals surface area contributed by atoms with Crippen LogP contribution in [0, 0.1) is 11.3 Å². The van der Waals surface area contributed by atoms with Crippen LogP contribution in [0.1, 0.15) is 12.1 Å². The second-order valence-electron chi connectivity index (χ2n) is 5.51. The molecular formula is C15H20N4O2. The summed E-state index contributed by atoms with van der Waals surface area (Å²) in [4.78, 5) is 8.69. The first-order valence-electron chi connectivity index (χ1n) is 7.40. The molecule has 0 amide bonds. The number of anilines is 1. The standard InChI is InChI=1S/C15H20N4O2/c16-10-12-2-1-3-15(17-12)19-5-4-13(14(20)11-19)18-6-8-21-9-7-18/h1-3,13-14,20H,4-9,11H2/t13-,14-/m0/s1. The molecule has 21 heavy (non-hydrogen) atoms. The summed E-state index contributed by atoms with van der Waals surface area (Å²) in [6.07, 6.45) is 0.504. The molecule has 2 atom stereocenters. The van der Waals surface area contributed by atoms with Crippen molar-refractivity contribution in [3.63, 3.8) is 0 Å². The van der Waals surface area contributed by atoms with E-state index in [0.29, 0.717) is 12.2 Å². The number of aromatic nitrogens is 1. The minimum Gasteiger partial charge on any atom is -0.390 e. The van der Waals surface area contributed by atoms with Gasteiger partial charge in [0.05, 0.1) is 19.3 Å². The minimum absolute atomic E-state index is 0.198. The van der Waals surface area contributed by atoms with E-state index in [1.807, 2.05) is 12.1 Å². The lowest BCUT2D eigenvalue weighted by atomic mass is 9.99. The highest BCUT2D eigenvalue weighted by atomic mass is 16.5. The van der Waals surface area contributed by atoms with E-state index in [1.54, 1.807) is 6.07 Å². The molecule has 6 heteroatoms. The summed E-state index contributed by atoms with van der Waals surface area (Å²) in [5.74, 6) is 0.772. The van der Waals surface area contributed by atoms with E-state index in [2.05, 4.69) is 20.9 Å². The predicted octanol–water partition coefficient (Wildman–Crippen LogP) is 0.225. The van der Waals surface area contributed by atoms with Gasteiger partial charge >= 0.3 is 0 Å². The van der Waals surface area contributed by atoms with Gasteiger partial charge in [-0.15, -0.1) is 0 Å². The van der Waals surface area contributed by atoms with E-state index in [-0.39, 0.29) is 6.04 Å². The third kappa shape index (κ3) is 3.16. The summed E-state index contributed by atoms with van der Waals surface area (Å²) in [6.45, 7) is 4.69. The molecule has 1 aromatic heterocycles. The van der Waals surface area contributed by atoms with Crippen LogP contribution in [0.15, 0.2) is 18.2 Å². The molecule has 3 rings (SSSR count). The molecular weight excluding hydrogens is 268 g/mol. The lowest BCUT2D eigenvalue weighted by Crippen LogP contribution is -2.56. The number of nitrogens with zero attached hydrogens (tertiary/aromatic N) is 4. The summed E-state index contributed by atoms with van der Waals surface area (Å²) < 4.78 is 5.37. The maximum absolute atomic E-state index is 10.5. The van der Waals surface area contributed by atoms with E-state index >= 15 is 0 Å². The molecule has 0 aromatic carbocycles. The van der Waals surface area contributed by atoms with Crippen LogP contribution in [0.5, 0.6) is 0 Å². The molecule has 0 saturated carbocycles. The SMILES string of the molecule is N#Cc1cccc(N2CC[C@H](N3CCOCC3)[C@@H](O)C2)n1. The molecule has 0 radical (unpaired) electrons.